The van der Waals surface area contributed by atoms with E-state index < -0.39 is 0 Å². The molecule has 0 fully saturated rings. The number of fused-ring (bicyclic) bond motifs is 1. The number of carbonyl (C=O) groups is 2. The first-order valence-corrected chi connectivity index (χ1v) is 8.31. The molecule has 2 aromatic rings. The van der Waals surface area contributed by atoms with Crippen LogP contribution in [0.15, 0.2) is 42.7 Å². The van der Waals surface area contributed by atoms with Crippen LogP contribution >= 0.6 is 0 Å². The van der Waals surface area contributed by atoms with Crippen LogP contribution in [0, 0.1) is 0 Å². The second-order valence-corrected chi connectivity index (χ2v) is 5.77. The molecule has 1 N–H and O–H groups in total. The molecule has 2 heterocycles. The maximum atomic E-state index is 12.3. The molecular formula is C19H20N2O4. The van der Waals surface area contributed by atoms with E-state index in [4.69, 9.17) is 9.47 Å². The van der Waals surface area contributed by atoms with Crippen LogP contribution in [0.5, 0.6) is 11.5 Å². The molecular weight excluding hydrogens is 320 g/mol. The number of rotatable bonds is 7. The van der Waals surface area contributed by atoms with Crippen LogP contribution in [0.1, 0.15) is 35.2 Å². The van der Waals surface area contributed by atoms with Crippen molar-refractivity contribution in [2.75, 3.05) is 13.2 Å². The van der Waals surface area contributed by atoms with Gasteiger partial charge in [-0.3, -0.25) is 14.6 Å². The van der Waals surface area contributed by atoms with Gasteiger partial charge in [0.1, 0.15) is 13.2 Å². The highest BCUT2D eigenvalue weighted by Crippen LogP contribution is 2.31. The van der Waals surface area contributed by atoms with Gasteiger partial charge in [0.15, 0.2) is 17.3 Å². The van der Waals surface area contributed by atoms with Crippen LogP contribution in [-0.4, -0.2) is 29.9 Å². The number of aromatic nitrogens is 1. The Kier molecular flexibility index (Phi) is 5.61. The van der Waals surface area contributed by atoms with Crippen molar-refractivity contribution < 1.29 is 19.1 Å². The normalized spacial score (nSPS) is 12.5. The smallest absolute Gasteiger partial charge is 0.220 e. The number of Topliss-reactive ketones (excluding diaryl/α,β-unsaturated/α-hetero) is 1. The Morgan fingerprint density at radius 2 is 1.76 bits per heavy atom. The fraction of sp³-hybridized carbons (Fsp3) is 0.316. The minimum atomic E-state index is -0.0632. The number of carbonyl (C=O) groups excluding carboxylic acids is 2. The summed E-state index contributed by atoms with van der Waals surface area (Å²) in [4.78, 5) is 28.0. The summed E-state index contributed by atoms with van der Waals surface area (Å²) >= 11 is 0. The van der Waals surface area contributed by atoms with E-state index in [9.17, 15) is 9.59 Å². The van der Waals surface area contributed by atoms with Crippen molar-refractivity contribution in [3.05, 3.63) is 53.9 Å². The Hall–Kier alpha value is -2.89. The largest absolute Gasteiger partial charge is 0.486 e. The lowest BCUT2D eigenvalue weighted by Gasteiger charge is -2.18. The summed E-state index contributed by atoms with van der Waals surface area (Å²) in [6, 6.07) is 8.90. The maximum Gasteiger partial charge on any atom is 0.220 e. The van der Waals surface area contributed by atoms with Gasteiger partial charge in [-0.2, -0.15) is 0 Å². The SMILES string of the molecule is O=C(CCCC(=O)c1ccc2c(c1)OCCO2)NCc1ccncc1. The minimum Gasteiger partial charge on any atom is -0.486 e. The topological polar surface area (TPSA) is 77.5 Å². The molecule has 1 aliphatic rings. The molecule has 130 valence electrons. The molecule has 0 saturated carbocycles. The Labute approximate surface area is 146 Å². The fourth-order valence-electron chi connectivity index (χ4n) is 2.56. The van der Waals surface area contributed by atoms with Gasteiger partial charge in [0.2, 0.25) is 5.91 Å². The number of nitrogens with one attached hydrogen (secondary N) is 1. The van der Waals surface area contributed by atoms with E-state index >= 15 is 0 Å². The number of hydrogen-bond donors (Lipinski definition) is 1. The Balaban J connectivity index is 1.42. The Morgan fingerprint density at radius 3 is 2.56 bits per heavy atom. The molecule has 6 nitrogen and oxygen atoms in total. The van der Waals surface area contributed by atoms with E-state index in [1.165, 1.54) is 0 Å². The number of hydrogen-bond acceptors (Lipinski definition) is 5. The molecule has 6 heteroatoms. The molecule has 0 saturated heterocycles. The summed E-state index contributed by atoms with van der Waals surface area (Å²) in [5, 5.41) is 2.84. The van der Waals surface area contributed by atoms with E-state index in [0.717, 1.165) is 5.56 Å². The monoisotopic (exact) mass is 340 g/mol. The van der Waals surface area contributed by atoms with Gasteiger partial charge in [0.05, 0.1) is 0 Å². The molecule has 1 aromatic heterocycles. The van der Waals surface area contributed by atoms with Crippen LogP contribution in [-0.2, 0) is 11.3 Å². The molecule has 0 aliphatic carbocycles. The molecule has 0 unspecified atom stereocenters. The molecule has 1 aliphatic heterocycles. The zero-order valence-electron chi connectivity index (χ0n) is 13.9. The molecule has 0 atom stereocenters. The van der Waals surface area contributed by atoms with Crippen LogP contribution in [0.4, 0.5) is 0 Å². The van der Waals surface area contributed by atoms with Gasteiger partial charge in [0, 0.05) is 37.3 Å². The summed E-state index contributed by atoms with van der Waals surface area (Å²) in [5.41, 5.74) is 1.58. The molecule has 1 aromatic carbocycles. The van der Waals surface area contributed by atoms with Gasteiger partial charge in [-0.1, -0.05) is 0 Å². The van der Waals surface area contributed by atoms with E-state index in [0.29, 0.717) is 56.1 Å². The van der Waals surface area contributed by atoms with E-state index in [-0.39, 0.29) is 11.7 Å². The third kappa shape index (κ3) is 4.79. The predicted octanol–water partition coefficient (Wildman–Crippen LogP) is 2.52. The van der Waals surface area contributed by atoms with Gasteiger partial charge < -0.3 is 14.8 Å². The average molecular weight is 340 g/mol. The first-order valence-electron chi connectivity index (χ1n) is 8.31. The number of benzene rings is 1. The Bertz CT molecular complexity index is 746. The number of ketones is 1. The van der Waals surface area contributed by atoms with Crippen molar-refractivity contribution in [3.63, 3.8) is 0 Å². The van der Waals surface area contributed by atoms with Gasteiger partial charge in [-0.25, -0.2) is 0 Å². The molecule has 3 rings (SSSR count). The van der Waals surface area contributed by atoms with E-state index in [1.54, 1.807) is 30.6 Å². The molecule has 0 radical (unpaired) electrons. The minimum absolute atomic E-state index is 0.00101. The van der Waals surface area contributed by atoms with Crippen molar-refractivity contribution in [2.24, 2.45) is 0 Å². The number of ether oxygens (including phenoxy) is 2. The number of amides is 1. The lowest BCUT2D eigenvalue weighted by atomic mass is 10.0. The quantitative estimate of drug-likeness (QED) is 0.784. The molecule has 25 heavy (non-hydrogen) atoms. The molecule has 0 bridgehead atoms. The Morgan fingerprint density at radius 1 is 1.00 bits per heavy atom. The number of nitrogens with zero attached hydrogens (tertiary/aromatic N) is 1. The standard InChI is InChI=1S/C19H20N2O4/c22-16(15-4-5-17-18(12-15)25-11-10-24-17)2-1-3-19(23)21-13-14-6-8-20-9-7-14/h4-9,12H,1-3,10-11,13H2,(H,21,23). The maximum absolute atomic E-state index is 12.3. The van der Waals surface area contributed by atoms with Crippen molar-refractivity contribution in [2.45, 2.75) is 25.8 Å². The zero-order chi connectivity index (χ0) is 17.5. The number of pyridine rings is 1. The second kappa shape index (κ2) is 8.28. The van der Waals surface area contributed by atoms with Crippen LogP contribution < -0.4 is 14.8 Å². The first kappa shape index (κ1) is 17.0. The van der Waals surface area contributed by atoms with Crippen molar-refractivity contribution in [1.29, 1.82) is 0 Å². The summed E-state index contributed by atoms with van der Waals surface area (Å²) in [7, 11) is 0. The van der Waals surface area contributed by atoms with Crippen molar-refractivity contribution in [3.8, 4) is 11.5 Å². The van der Waals surface area contributed by atoms with Gasteiger partial charge >= 0.3 is 0 Å². The third-order valence-electron chi connectivity index (χ3n) is 3.91. The highest BCUT2D eigenvalue weighted by atomic mass is 16.6. The molecule has 1 amide bonds. The van der Waals surface area contributed by atoms with Gasteiger partial charge in [-0.05, 0) is 42.3 Å². The average Bonchev–Trinajstić information content (AvgIpc) is 2.66. The highest BCUT2D eigenvalue weighted by molar-refractivity contribution is 5.96. The van der Waals surface area contributed by atoms with Crippen LogP contribution in [0.3, 0.4) is 0 Å². The van der Waals surface area contributed by atoms with Gasteiger partial charge in [-0.15, -0.1) is 0 Å². The predicted molar refractivity (Wildman–Crippen MR) is 91.7 cm³/mol. The van der Waals surface area contributed by atoms with E-state index in [2.05, 4.69) is 10.3 Å². The van der Waals surface area contributed by atoms with E-state index in [1.807, 2.05) is 12.1 Å². The van der Waals surface area contributed by atoms with Gasteiger partial charge in [0.25, 0.3) is 0 Å². The van der Waals surface area contributed by atoms with Crippen LogP contribution in [0.2, 0.25) is 0 Å². The zero-order valence-corrected chi connectivity index (χ0v) is 13.9. The summed E-state index contributed by atoms with van der Waals surface area (Å²) < 4.78 is 10.9. The third-order valence-corrected chi connectivity index (χ3v) is 3.91. The lowest BCUT2D eigenvalue weighted by molar-refractivity contribution is -0.121. The first-order chi connectivity index (χ1) is 12.2. The van der Waals surface area contributed by atoms with Crippen molar-refractivity contribution >= 4 is 11.7 Å². The fourth-order valence-corrected chi connectivity index (χ4v) is 2.56. The summed E-state index contributed by atoms with van der Waals surface area (Å²) in [6.07, 6.45) is 4.53. The van der Waals surface area contributed by atoms with Crippen molar-refractivity contribution in [1.82, 2.24) is 10.3 Å². The lowest BCUT2D eigenvalue weighted by Crippen LogP contribution is -2.22. The highest BCUT2D eigenvalue weighted by Gasteiger charge is 2.15. The van der Waals surface area contributed by atoms with Crippen LogP contribution in [0.25, 0.3) is 0 Å². The second-order valence-electron chi connectivity index (χ2n) is 5.77. The summed E-state index contributed by atoms with van der Waals surface area (Å²) in [5.74, 6) is 1.20. The molecule has 0 spiro atoms. The summed E-state index contributed by atoms with van der Waals surface area (Å²) in [6.45, 7) is 1.48.